The number of hydrogen-bond donors (Lipinski definition) is 1. The second-order valence-corrected chi connectivity index (χ2v) is 5.45. The first-order chi connectivity index (χ1) is 10.1. The lowest BCUT2D eigenvalue weighted by molar-refractivity contribution is 0.0139. The summed E-state index contributed by atoms with van der Waals surface area (Å²) in [5.74, 6) is 0.746. The fourth-order valence-corrected chi connectivity index (χ4v) is 2.84. The average molecular weight is 292 g/mol. The van der Waals surface area contributed by atoms with Crippen molar-refractivity contribution < 1.29 is 14.3 Å². The Morgan fingerprint density at radius 3 is 2.81 bits per heavy atom. The van der Waals surface area contributed by atoms with Gasteiger partial charge in [0.05, 0.1) is 13.2 Å². The number of nitrogens with zero attached hydrogens (tertiary/aromatic N) is 1. The summed E-state index contributed by atoms with van der Waals surface area (Å²) in [6.07, 6.45) is 1.83. The molecule has 0 aliphatic carbocycles. The van der Waals surface area contributed by atoms with Crippen LogP contribution in [0.3, 0.4) is 0 Å². The molecule has 5 nitrogen and oxygen atoms in total. The minimum Gasteiger partial charge on any atom is -0.496 e. The zero-order valence-electron chi connectivity index (χ0n) is 13.0. The number of carbonyl (C=O) groups excluding carboxylic acids is 1. The summed E-state index contributed by atoms with van der Waals surface area (Å²) < 4.78 is 10.7. The first-order valence-electron chi connectivity index (χ1n) is 7.29. The van der Waals surface area contributed by atoms with Gasteiger partial charge in [0.15, 0.2) is 0 Å². The molecule has 2 unspecified atom stereocenters. The Kier molecular flexibility index (Phi) is 5.20. The topological polar surface area (TPSA) is 64.8 Å². The van der Waals surface area contributed by atoms with Gasteiger partial charge < -0.3 is 20.1 Å². The average Bonchev–Trinajstić information content (AvgIpc) is 2.54. The van der Waals surface area contributed by atoms with Crippen LogP contribution in [0.25, 0.3) is 0 Å². The second-order valence-electron chi connectivity index (χ2n) is 5.45. The van der Waals surface area contributed by atoms with E-state index in [2.05, 4.69) is 0 Å². The van der Waals surface area contributed by atoms with Gasteiger partial charge >= 0.3 is 0 Å². The number of benzene rings is 1. The molecule has 1 aliphatic heterocycles. The zero-order chi connectivity index (χ0) is 15.4. The van der Waals surface area contributed by atoms with Gasteiger partial charge in [-0.1, -0.05) is 6.07 Å². The molecule has 1 saturated heterocycles. The molecule has 116 valence electrons. The Hall–Kier alpha value is -1.59. The van der Waals surface area contributed by atoms with Gasteiger partial charge in [0.2, 0.25) is 0 Å². The molecule has 2 atom stereocenters. The van der Waals surface area contributed by atoms with E-state index in [1.54, 1.807) is 20.3 Å². The third-order valence-corrected chi connectivity index (χ3v) is 4.19. The van der Waals surface area contributed by atoms with Gasteiger partial charge in [-0.2, -0.15) is 0 Å². The Bertz CT molecular complexity index is 504. The van der Waals surface area contributed by atoms with Crippen molar-refractivity contribution in [2.24, 2.45) is 5.73 Å². The third-order valence-electron chi connectivity index (χ3n) is 4.19. The van der Waals surface area contributed by atoms with Gasteiger partial charge in [-0.25, -0.2) is 0 Å². The Balaban J connectivity index is 2.18. The predicted molar refractivity (Wildman–Crippen MR) is 81.6 cm³/mol. The van der Waals surface area contributed by atoms with Crippen LogP contribution in [0.15, 0.2) is 18.2 Å². The van der Waals surface area contributed by atoms with Crippen LogP contribution >= 0.6 is 0 Å². The maximum absolute atomic E-state index is 12.7. The molecular weight excluding hydrogens is 268 g/mol. The molecule has 5 heteroatoms. The van der Waals surface area contributed by atoms with Crippen molar-refractivity contribution in [2.45, 2.75) is 31.9 Å². The quantitative estimate of drug-likeness (QED) is 0.915. The third kappa shape index (κ3) is 3.36. The van der Waals surface area contributed by atoms with Crippen molar-refractivity contribution in [1.29, 1.82) is 0 Å². The van der Waals surface area contributed by atoms with Crippen LogP contribution in [0.4, 0.5) is 0 Å². The summed E-state index contributed by atoms with van der Waals surface area (Å²) in [5.41, 5.74) is 7.49. The molecule has 0 aromatic heterocycles. The van der Waals surface area contributed by atoms with Crippen molar-refractivity contribution in [3.63, 3.8) is 0 Å². The minimum absolute atomic E-state index is 0.0123. The smallest absolute Gasteiger partial charge is 0.254 e. The Labute approximate surface area is 126 Å². The van der Waals surface area contributed by atoms with Gasteiger partial charge in [-0.3, -0.25) is 4.79 Å². The number of carbonyl (C=O) groups is 1. The lowest BCUT2D eigenvalue weighted by atomic mass is 9.98. The molecule has 1 heterocycles. The summed E-state index contributed by atoms with van der Waals surface area (Å²) in [7, 11) is 3.32. The van der Waals surface area contributed by atoms with Crippen molar-refractivity contribution in [1.82, 2.24) is 4.90 Å². The Morgan fingerprint density at radius 2 is 2.19 bits per heavy atom. The van der Waals surface area contributed by atoms with Gasteiger partial charge in [-0.15, -0.1) is 0 Å². The van der Waals surface area contributed by atoms with E-state index >= 15 is 0 Å². The fourth-order valence-electron chi connectivity index (χ4n) is 2.84. The van der Waals surface area contributed by atoms with Gasteiger partial charge in [0.1, 0.15) is 5.75 Å². The van der Waals surface area contributed by atoms with Crippen LogP contribution in [0.2, 0.25) is 0 Å². The van der Waals surface area contributed by atoms with E-state index in [0.717, 1.165) is 24.2 Å². The van der Waals surface area contributed by atoms with E-state index in [4.69, 9.17) is 15.2 Å². The predicted octanol–water partition coefficient (Wildman–Crippen LogP) is 1.58. The van der Waals surface area contributed by atoms with E-state index < -0.39 is 0 Å². The normalized spacial score (nSPS) is 22.2. The molecule has 0 saturated carbocycles. The molecule has 0 radical (unpaired) electrons. The van der Waals surface area contributed by atoms with E-state index in [1.165, 1.54) is 0 Å². The Morgan fingerprint density at radius 1 is 1.43 bits per heavy atom. The highest BCUT2D eigenvalue weighted by atomic mass is 16.5. The number of piperidine rings is 1. The van der Waals surface area contributed by atoms with Crippen LogP contribution in [0.1, 0.15) is 28.8 Å². The molecule has 0 spiro atoms. The molecular formula is C16H24N2O3. The van der Waals surface area contributed by atoms with Crippen LogP contribution in [-0.4, -0.2) is 50.3 Å². The maximum Gasteiger partial charge on any atom is 0.254 e. The molecule has 1 aromatic carbocycles. The van der Waals surface area contributed by atoms with Gasteiger partial charge in [0.25, 0.3) is 5.91 Å². The standard InChI is InChI=1S/C16H24N2O3/c1-11-4-5-12(8-15(11)21-3)16(19)18-7-6-14(20-2)9-13(18)10-17/h4-5,8,13-14H,6-7,9-10,17H2,1-3H3. The number of amides is 1. The van der Waals surface area contributed by atoms with Crippen LogP contribution in [0, 0.1) is 6.92 Å². The molecule has 0 bridgehead atoms. The number of hydrogen-bond acceptors (Lipinski definition) is 4. The van der Waals surface area contributed by atoms with Crippen LogP contribution in [0.5, 0.6) is 5.75 Å². The maximum atomic E-state index is 12.7. The highest BCUT2D eigenvalue weighted by molar-refractivity contribution is 5.95. The van der Waals surface area contributed by atoms with Gasteiger partial charge in [0, 0.05) is 31.8 Å². The van der Waals surface area contributed by atoms with Gasteiger partial charge in [-0.05, 0) is 37.5 Å². The lowest BCUT2D eigenvalue weighted by Crippen LogP contribution is -2.51. The summed E-state index contributed by atoms with van der Waals surface area (Å²) >= 11 is 0. The first kappa shape index (κ1) is 15.8. The highest BCUT2D eigenvalue weighted by Crippen LogP contribution is 2.24. The number of nitrogens with two attached hydrogens (primary N) is 1. The number of rotatable bonds is 4. The molecule has 1 fully saturated rings. The largest absolute Gasteiger partial charge is 0.496 e. The first-order valence-corrected chi connectivity index (χ1v) is 7.29. The SMILES string of the molecule is COc1cc(C(=O)N2CCC(OC)CC2CN)ccc1C. The molecule has 1 aliphatic rings. The number of methoxy groups -OCH3 is 2. The lowest BCUT2D eigenvalue weighted by Gasteiger charge is -2.38. The van der Waals surface area contributed by atoms with Crippen molar-refractivity contribution in [2.75, 3.05) is 27.3 Å². The molecule has 2 N–H and O–H groups in total. The van der Waals surface area contributed by atoms with E-state index in [9.17, 15) is 4.79 Å². The van der Waals surface area contributed by atoms with E-state index in [-0.39, 0.29) is 18.1 Å². The summed E-state index contributed by atoms with van der Waals surface area (Å²) in [6.45, 7) is 3.09. The number of ether oxygens (including phenoxy) is 2. The van der Waals surface area contributed by atoms with Crippen LogP contribution in [-0.2, 0) is 4.74 Å². The molecule has 1 aromatic rings. The monoisotopic (exact) mass is 292 g/mol. The van der Waals surface area contributed by atoms with Crippen molar-refractivity contribution in [3.8, 4) is 5.75 Å². The van der Waals surface area contributed by atoms with Crippen LogP contribution < -0.4 is 10.5 Å². The number of aryl methyl sites for hydroxylation is 1. The summed E-state index contributed by atoms with van der Waals surface area (Å²) in [6, 6.07) is 5.58. The second kappa shape index (κ2) is 6.91. The minimum atomic E-state index is 0.0123. The molecule has 1 amide bonds. The summed E-state index contributed by atoms with van der Waals surface area (Å²) in [4.78, 5) is 14.6. The van der Waals surface area contributed by atoms with Crippen molar-refractivity contribution in [3.05, 3.63) is 29.3 Å². The number of likely N-dealkylation sites (tertiary alicyclic amines) is 1. The van der Waals surface area contributed by atoms with E-state index in [0.29, 0.717) is 18.7 Å². The van der Waals surface area contributed by atoms with Crippen molar-refractivity contribution >= 4 is 5.91 Å². The highest BCUT2D eigenvalue weighted by Gasteiger charge is 2.31. The summed E-state index contributed by atoms with van der Waals surface area (Å²) in [5, 5.41) is 0. The fraction of sp³-hybridized carbons (Fsp3) is 0.562. The molecule has 21 heavy (non-hydrogen) atoms. The molecule has 2 rings (SSSR count). The zero-order valence-corrected chi connectivity index (χ0v) is 13.0. The van der Waals surface area contributed by atoms with E-state index in [1.807, 2.05) is 24.0 Å².